The summed E-state index contributed by atoms with van der Waals surface area (Å²) in [4.78, 5) is 12.1. The molecule has 1 amide bonds. The Labute approximate surface area is 201 Å². The molecule has 4 N–H and O–H groups in total. The Morgan fingerprint density at radius 2 is 1.67 bits per heavy atom. The number of benzene rings is 3. The number of amides is 1. The van der Waals surface area contributed by atoms with Crippen LogP contribution in [-0.4, -0.2) is 22.7 Å². The third-order valence-corrected chi connectivity index (χ3v) is 5.53. The van der Waals surface area contributed by atoms with Gasteiger partial charge in [-0.05, 0) is 81.5 Å². The molecule has 154 valence electrons. The average molecular weight is 568 g/mol. The van der Waals surface area contributed by atoms with E-state index in [-0.39, 0.29) is 11.7 Å². The summed E-state index contributed by atoms with van der Waals surface area (Å²) in [5.74, 6) is 0.157. The number of hydrogen-bond acceptors (Lipinski definition) is 4. The zero-order valence-electron chi connectivity index (χ0n) is 15.4. The highest BCUT2D eigenvalue weighted by atomic mass is 79.9. The Morgan fingerprint density at radius 1 is 0.933 bits per heavy atom. The zero-order valence-corrected chi connectivity index (χ0v) is 20.2. The molecule has 3 rings (SSSR count). The van der Waals surface area contributed by atoms with Crippen molar-refractivity contribution in [3.05, 3.63) is 69.6 Å². The lowest BCUT2D eigenvalue weighted by molar-refractivity contribution is -0.121. The van der Waals surface area contributed by atoms with E-state index >= 15 is 0 Å². The first-order valence-electron chi connectivity index (χ1n) is 8.65. The van der Waals surface area contributed by atoms with Gasteiger partial charge in [0.05, 0.1) is 4.47 Å². The van der Waals surface area contributed by atoms with Crippen molar-refractivity contribution in [2.75, 3.05) is 11.9 Å². The minimum atomic E-state index is -0.404. The van der Waals surface area contributed by atoms with Gasteiger partial charge in [0.1, 0.15) is 5.75 Å². The lowest BCUT2D eigenvalue weighted by atomic mass is 10.1. The van der Waals surface area contributed by atoms with Crippen molar-refractivity contribution in [1.82, 2.24) is 16.2 Å². The average Bonchev–Trinajstić information content (AvgIpc) is 2.72. The smallest absolute Gasteiger partial charge is 0.264 e. The van der Waals surface area contributed by atoms with E-state index in [0.29, 0.717) is 10.9 Å². The fourth-order valence-electron chi connectivity index (χ4n) is 2.49. The molecule has 30 heavy (non-hydrogen) atoms. The number of hydrazine groups is 1. The topological polar surface area (TPSA) is 74.4 Å². The highest BCUT2D eigenvalue weighted by molar-refractivity contribution is 9.11. The first-order valence-corrected chi connectivity index (χ1v) is 11.0. The minimum absolute atomic E-state index is 0.0724. The number of carbonyl (C=O) groups excluding carboxylic acids is 1. The molecule has 0 spiro atoms. The van der Waals surface area contributed by atoms with Crippen LogP contribution in [0.5, 0.6) is 5.75 Å². The summed E-state index contributed by atoms with van der Waals surface area (Å²) >= 11 is 17.2. The number of ether oxygens (including phenoxy) is 1. The van der Waals surface area contributed by atoms with Crippen molar-refractivity contribution in [2.24, 2.45) is 0 Å². The van der Waals surface area contributed by atoms with Crippen molar-refractivity contribution < 1.29 is 9.53 Å². The number of thiocarbonyl (C=S) groups is 2. The molecule has 0 aliphatic rings. The Kier molecular flexibility index (Phi) is 7.97. The first kappa shape index (κ1) is 22.4. The normalized spacial score (nSPS) is 10.2. The third kappa shape index (κ3) is 6.36. The summed E-state index contributed by atoms with van der Waals surface area (Å²) in [6.07, 6.45) is 0. The number of nitrogens with one attached hydrogen (secondary N) is 4. The van der Waals surface area contributed by atoms with Crippen molar-refractivity contribution >= 4 is 88.9 Å². The lowest BCUT2D eigenvalue weighted by Gasteiger charge is -2.14. The SMILES string of the molecule is O=C(COc1ccc2cc(Br)ccc2c1Br)NC(=S)NNC(=S)Nc1ccccc1. The molecule has 0 aliphatic carbocycles. The standard InChI is InChI=1S/C20H16Br2N4O2S2/c21-13-7-8-15-12(10-13)6-9-16(18(15)22)28-11-17(27)24-20(30)26-25-19(29)23-14-4-2-1-3-5-14/h1-10H,11H2,(H2,23,25,29)(H2,24,26,27,30). The first-order chi connectivity index (χ1) is 14.4. The van der Waals surface area contributed by atoms with Crippen LogP contribution in [0.4, 0.5) is 5.69 Å². The number of halogens is 2. The van der Waals surface area contributed by atoms with Gasteiger partial charge in [-0.2, -0.15) is 0 Å². The maximum atomic E-state index is 12.1. The molecule has 0 aliphatic heterocycles. The molecule has 6 nitrogen and oxygen atoms in total. The van der Waals surface area contributed by atoms with Crippen LogP contribution < -0.4 is 26.2 Å². The van der Waals surface area contributed by atoms with Crippen LogP contribution >= 0.6 is 56.3 Å². The number of anilines is 1. The van der Waals surface area contributed by atoms with Crippen molar-refractivity contribution in [2.45, 2.75) is 0 Å². The molecule has 10 heteroatoms. The Bertz CT molecular complexity index is 1100. The van der Waals surface area contributed by atoms with Crippen LogP contribution in [0, 0.1) is 0 Å². The minimum Gasteiger partial charge on any atom is -0.483 e. The predicted molar refractivity (Wildman–Crippen MR) is 135 cm³/mol. The van der Waals surface area contributed by atoms with Gasteiger partial charge in [0.25, 0.3) is 5.91 Å². The molecule has 0 radical (unpaired) electrons. The van der Waals surface area contributed by atoms with Crippen LogP contribution in [0.2, 0.25) is 0 Å². The maximum absolute atomic E-state index is 12.1. The van der Waals surface area contributed by atoms with Crippen LogP contribution in [0.25, 0.3) is 10.8 Å². The highest BCUT2D eigenvalue weighted by Crippen LogP contribution is 2.34. The lowest BCUT2D eigenvalue weighted by Crippen LogP contribution is -2.50. The molecule has 3 aromatic carbocycles. The van der Waals surface area contributed by atoms with Gasteiger partial charge in [0.15, 0.2) is 16.8 Å². The Hall–Kier alpha value is -2.27. The van der Waals surface area contributed by atoms with Gasteiger partial charge in [-0.25, -0.2) is 0 Å². The third-order valence-electron chi connectivity index (χ3n) is 3.81. The zero-order chi connectivity index (χ0) is 21.5. The summed E-state index contributed by atoms with van der Waals surface area (Å²) < 4.78 is 7.39. The van der Waals surface area contributed by atoms with Crippen molar-refractivity contribution in [1.29, 1.82) is 0 Å². The second kappa shape index (κ2) is 10.7. The van der Waals surface area contributed by atoms with Crippen molar-refractivity contribution in [3.8, 4) is 5.75 Å². The molecular weight excluding hydrogens is 552 g/mol. The van der Waals surface area contributed by atoms with Crippen molar-refractivity contribution in [3.63, 3.8) is 0 Å². The maximum Gasteiger partial charge on any atom is 0.264 e. The van der Waals surface area contributed by atoms with Gasteiger partial charge in [0.2, 0.25) is 0 Å². The molecular formula is C20H16Br2N4O2S2. The summed E-state index contributed by atoms with van der Waals surface area (Å²) in [5, 5.41) is 7.90. The number of hydrogen-bond donors (Lipinski definition) is 4. The van der Waals surface area contributed by atoms with Gasteiger partial charge in [-0.3, -0.25) is 21.0 Å². The summed E-state index contributed by atoms with van der Waals surface area (Å²) in [7, 11) is 0. The van der Waals surface area contributed by atoms with E-state index in [2.05, 4.69) is 53.3 Å². The number of fused-ring (bicyclic) bond motifs is 1. The van der Waals surface area contributed by atoms with Gasteiger partial charge < -0.3 is 10.1 Å². The van der Waals surface area contributed by atoms with E-state index in [4.69, 9.17) is 29.2 Å². The Morgan fingerprint density at radius 3 is 2.43 bits per heavy atom. The fraction of sp³-hybridized carbons (Fsp3) is 0.0500. The molecule has 0 saturated heterocycles. The van der Waals surface area contributed by atoms with E-state index in [1.54, 1.807) is 6.07 Å². The highest BCUT2D eigenvalue weighted by Gasteiger charge is 2.10. The van der Waals surface area contributed by atoms with E-state index in [1.165, 1.54) is 0 Å². The summed E-state index contributed by atoms with van der Waals surface area (Å²) in [6, 6.07) is 19.1. The van der Waals surface area contributed by atoms with Gasteiger partial charge in [-0.1, -0.05) is 46.3 Å². The second-order valence-corrected chi connectivity index (χ2v) is 8.50. The monoisotopic (exact) mass is 566 g/mol. The predicted octanol–water partition coefficient (Wildman–Crippen LogP) is 4.64. The van der Waals surface area contributed by atoms with Crippen LogP contribution in [-0.2, 0) is 4.79 Å². The van der Waals surface area contributed by atoms with E-state index in [0.717, 1.165) is 25.4 Å². The van der Waals surface area contributed by atoms with Gasteiger partial charge in [0, 0.05) is 10.2 Å². The van der Waals surface area contributed by atoms with Gasteiger partial charge >= 0.3 is 0 Å². The van der Waals surface area contributed by atoms with Crippen LogP contribution in [0.3, 0.4) is 0 Å². The molecule has 0 saturated carbocycles. The van der Waals surface area contributed by atoms with Gasteiger partial charge in [-0.15, -0.1) is 0 Å². The van der Waals surface area contributed by atoms with Crippen LogP contribution in [0.15, 0.2) is 69.6 Å². The fourth-order valence-corrected chi connectivity index (χ4v) is 3.81. The van der Waals surface area contributed by atoms with E-state index in [9.17, 15) is 4.79 Å². The number of para-hydroxylation sites is 1. The number of carbonyl (C=O) groups is 1. The molecule has 0 atom stereocenters. The molecule has 0 aromatic heterocycles. The quantitative estimate of drug-likeness (QED) is 0.270. The summed E-state index contributed by atoms with van der Waals surface area (Å²) in [6.45, 7) is -0.199. The number of rotatable bonds is 4. The second-order valence-electron chi connectivity index (χ2n) is 5.98. The summed E-state index contributed by atoms with van der Waals surface area (Å²) in [5.41, 5.74) is 6.18. The largest absolute Gasteiger partial charge is 0.483 e. The van der Waals surface area contributed by atoms with E-state index in [1.807, 2.05) is 54.6 Å². The molecule has 0 bridgehead atoms. The molecule has 0 unspecified atom stereocenters. The molecule has 3 aromatic rings. The van der Waals surface area contributed by atoms with Crippen LogP contribution in [0.1, 0.15) is 0 Å². The molecule has 0 heterocycles. The van der Waals surface area contributed by atoms with E-state index < -0.39 is 5.91 Å². The Balaban J connectivity index is 1.45. The molecule has 0 fully saturated rings.